The first-order valence-corrected chi connectivity index (χ1v) is 7.22. The minimum Gasteiger partial charge on any atom is -0.494 e. The minimum absolute atomic E-state index is 0.751. The van der Waals surface area contributed by atoms with Gasteiger partial charge in [-0.3, -0.25) is 0 Å². The van der Waals surface area contributed by atoms with Crippen LogP contribution >= 0.6 is 15.9 Å². The average molecular weight is 315 g/mol. The molecule has 100 valence electrons. The largest absolute Gasteiger partial charge is 0.494 e. The van der Waals surface area contributed by atoms with Gasteiger partial charge < -0.3 is 9.57 Å². The molecule has 0 aromatic heterocycles. The number of halogens is 1. The smallest absolute Gasteiger partial charge is 0.119 e. The Morgan fingerprint density at radius 3 is 2.44 bits per heavy atom. The van der Waals surface area contributed by atoms with Gasteiger partial charge >= 0.3 is 0 Å². The van der Waals surface area contributed by atoms with Crippen molar-refractivity contribution in [3.05, 3.63) is 24.3 Å². The van der Waals surface area contributed by atoms with Crippen LogP contribution in [0, 0.1) is 0 Å². The normalized spacial score (nSPS) is 10.8. The molecular weight excluding hydrogens is 296 g/mol. The first kappa shape index (κ1) is 15.0. The van der Waals surface area contributed by atoms with Gasteiger partial charge in [-0.2, -0.15) is 0 Å². The highest BCUT2D eigenvalue weighted by Crippen LogP contribution is 2.18. The zero-order chi connectivity index (χ0) is 13.1. The third-order valence-corrected chi connectivity index (χ3v) is 2.93. The van der Waals surface area contributed by atoms with E-state index in [2.05, 4.69) is 31.2 Å². The summed E-state index contributed by atoms with van der Waals surface area (Å²) in [6, 6.07) is 7.48. The molecule has 0 atom stereocenters. The summed E-state index contributed by atoms with van der Waals surface area (Å²) in [4.78, 5) is 4.51. The highest BCUT2D eigenvalue weighted by Gasteiger charge is 1.95. The molecular formula is C13H19BrN2O2. The summed E-state index contributed by atoms with van der Waals surface area (Å²) in [5, 5.41) is 8.38. The fourth-order valence-electron chi connectivity index (χ4n) is 1.44. The first-order valence-electron chi connectivity index (χ1n) is 6.10. The van der Waals surface area contributed by atoms with Crippen LogP contribution in [0.4, 0.5) is 5.69 Å². The van der Waals surface area contributed by atoms with Crippen LogP contribution in [0.1, 0.15) is 25.7 Å². The molecule has 0 unspecified atom stereocenters. The van der Waals surface area contributed by atoms with E-state index in [0.29, 0.717) is 0 Å². The molecule has 1 aromatic rings. The molecule has 4 nitrogen and oxygen atoms in total. The van der Waals surface area contributed by atoms with Crippen molar-refractivity contribution < 1.29 is 9.57 Å². The highest BCUT2D eigenvalue weighted by atomic mass is 79.9. The lowest BCUT2D eigenvalue weighted by Crippen LogP contribution is -1.96. The molecule has 0 aliphatic heterocycles. The number of rotatable bonds is 9. The lowest BCUT2D eigenvalue weighted by Gasteiger charge is -2.05. The molecule has 0 fully saturated rings. The summed E-state index contributed by atoms with van der Waals surface area (Å²) in [6.07, 6.45) is 4.80. The minimum atomic E-state index is 0.751. The maximum absolute atomic E-state index is 5.63. The van der Waals surface area contributed by atoms with Crippen molar-refractivity contribution >= 4 is 21.6 Å². The zero-order valence-corrected chi connectivity index (χ0v) is 12.2. The van der Waals surface area contributed by atoms with Crippen LogP contribution in [0.5, 0.6) is 5.75 Å². The SMILES string of the molecule is CON=Nc1ccc(OCCCCCCBr)cc1. The van der Waals surface area contributed by atoms with E-state index in [-0.39, 0.29) is 0 Å². The number of hydrogen-bond acceptors (Lipinski definition) is 4. The Labute approximate surface area is 116 Å². The zero-order valence-electron chi connectivity index (χ0n) is 10.6. The number of benzene rings is 1. The van der Waals surface area contributed by atoms with Crippen molar-refractivity contribution in [2.45, 2.75) is 25.7 Å². The van der Waals surface area contributed by atoms with Crippen LogP contribution in [-0.4, -0.2) is 19.0 Å². The predicted octanol–water partition coefficient (Wildman–Crippen LogP) is 4.67. The molecule has 0 spiro atoms. The molecule has 0 aliphatic carbocycles. The second-order valence-corrected chi connectivity index (χ2v) is 4.60. The first-order chi connectivity index (χ1) is 8.86. The standard InChI is InChI=1S/C13H19BrN2O2/c1-17-16-15-12-6-8-13(9-7-12)18-11-5-3-2-4-10-14/h6-9H,2-5,10-11H2,1H3. The Hall–Kier alpha value is -1.10. The van der Waals surface area contributed by atoms with Crippen molar-refractivity contribution in [3.8, 4) is 5.75 Å². The van der Waals surface area contributed by atoms with E-state index in [4.69, 9.17) is 4.74 Å². The number of alkyl halides is 1. The van der Waals surface area contributed by atoms with Gasteiger partial charge in [0, 0.05) is 10.6 Å². The van der Waals surface area contributed by atoms with Gasteiger partial charge in [0.25, 0.3) is 0 Å². The number of hydrogen-bond donors (Lipinski definition) is 0. The van der Waals surface area contributed by atoms with Crippen LogP contribution in [0.15, 0.2) is 34.7 Å². The molecule has 1 rings (SSSR count). The Balaban J connectivity index is 2.20. The lowest BCUT2D eigenvalue weighted by molar-refractivity contribution is 0.190. The maximum atomic E-state index is 5.63. The summed E-state index contributed by atoms with van der Waals surface area (Å²) in [6.45, 7) is 0.765. The Morgan fingerprint density at radius 1 is 1.06 bits per heavy atom. The third-order valence-electron chi connectivity index (χ3n) is 2.37. The summed E-state index contributed by atoms with van der Waals surface area (Å²) >= 11 is 3.42. The van der Waals surface area contributed by atoms with E-state index in [9.17, 15) is 0 Å². The van der Waals surface area contributed by atoms with Gasteiger partial charge in [0.05, 0.1) is 12.3 Å². The molecule has 0 saturated heterocycles. The van der Waals surface area contributed by atoms with Crippen molar-refractivity contribution in [2.75, 3.05) is 19.0 Å². The Kier molecular flexibility index (Phi) is 8.21. The third kappa shape index (κ3) is 6.59. The van der Waals surface area contributed by atoms with Gasteiger partial charge in [-0.05, 0) is 37.1 Å². The predicted molar refractivity (Wildman–Crippen MR) is 75.7 cm³/mol. The molecule has 0 heterocycles. The monoisotopic (exact) mass is 314 g/mol. The summed E-state index contributed by atoms with van der Waals surface area (Å²) in [5.41, 5.74) is 0.751. The fraction of sp³-hybridized carbons (Fsp3) is 0.538. The van der Waals surface area contributed by atoms with E-state index in [1.54, 1.807) is 0 Å². The van der Waals surface area contributed by atoms with E-state index in [1.807, 2.05) is 24.3 Å². The summed E-state index contributed by atoms with van der Waals surface area (Å²) < 4.78 is 5.63. The van der Waals surface area contributed by atoms with Gasteiger partial charge in [-0.15, -0.1) is 5.11 Å². The van der Waals surface area contributed by atoms with Gasteiger partial charge in [0.1, 0.15) is 12.9 Å². The number of unbranched alkanes of at least 4 members (excludes halogenated alkanes) is 3. The van der Waals surface area contributed by atoms with E-state index in [1.165, 1.54) is 26.4 Å². The number of nitrogens with zero attached hydrogens (tertiary/aromatic N) is 2. The summed E-state index contributed by atoms with van der Waals surface area (Å²) in [7, 11) is 1.47. The molecule has 0 bridgehead atoms. The van der Waals surface area contributed by atoms with Gasteiger partial charge in [-0.25, -0.2) is 0 Å². The number of ether oxygens (including phenoxy) is 1. The van der Waals surface area contributed by atoms with E-state index in [0.717, 1.165) is 29.8 Å². The van der Waals surface area contributed by atoms with Crippen LogP contribution in [0.3, 0.4) is 0 Å². The van der Waals surface area contributed by atoms with Crippen LogP contribution in [0.2, 0.25) is 0 Å². The van der Waals surface area contributed by atoms with E-state index < -0.39 is 0 Å². The fourth-order valence-corrected chi connectivity index (χ4v) is 1.83. The van der Waals surface area contributed by atoms with Crippen molar-refractivity contribution in [1.82, 2.24) is 0 Å². The van der Waals surface area contributed by atoms with Gasteiger partial charge in [-0.1, -0.05) is 28.8 Å². The van der Waals surface area contributed by atoms with Crippen molar-refractivity contribution in [1.29, 1.82) is 0 Å². The molecule has 0 aliphatic rings. The quantitative estimate of drug-likeness (QED) is 0.288. The average Bonchev–Trinajstić information content (AvgIpc) is 2.42. The molecule has 0 radical (unpaired) electrons. The Morgan fingerprint density at radius 2 is 1.78 bits per heavy atom. The second kappa shape index (κ2) is 9.88. The van der Waals surface area contributed by atoms with Gasteiger partial charge in [0.15, 0.2) is 0 Å². The van der Waals surface area contributed by atoms with E-state index >= 15 is 0 Å². The molecule has 1 aromatic carbocycles. The van der Waals surface area contributed by atoms with Crippen LogP contribution in [-0.2, 0) is 4.84 Å². The molecule has 0 amide bonds. The second-order valence-electron chi connectivity index (χ2n) is 3.81. The lowest BCUT2D eigenvalue weighted by atomic mass is 10.2. The highest BCUT2D eigenvalue weighted by molar-refractivity contribution is 9.09. The molecule has 0 saturated carbocycles. The Bertz CT molecular complexity index is 341. The molecule has 18 heavy (non-hydrogen) atoms. The van der Waals surface area contributed by atoms with Crippen LogP contribution < -0.4 is 4.74 Å². The van der Waals surface area contributed by atoms with Crippen molar-refractivity contribution in [2.24, 2.45) is 10.4 Å². The topological polar surface area (TPSA) is 43.2 Å². The summed E-state index contributed by atoms with van der Waals surface area (Å²) in [5.74, 6) is 0.867. The molecule has 5 heteroatoms. The van der Waals surface area contributed by atoms with Crippen molar-refractivity contribution in [3.63, 3.8) is 0 Å². The molecule has 0 N–H and O–H groups in total. The maximum Gasteiger partial charge on any atom is 0.119 e. The van der Waals surface area contributed by atoms with Gasteiger partial charge in [0.2, 0.25) is 0 Å². The van der Waals surface area contributed by atoms with Crippen LogP contribution in [0.25, 0.3) is 0 Å².